The molecule has 0 saturated heterocycles. The second kappa shape index (κ2) is 12.9. The zero-order valence-electron chi connectivity index (χ0n) is 34.2. The monoisotopic (exact) mass is 799 g/mol. The molecule has 0 radical (unpaired) electrons. The van der Waals surface area contributed by atoms with Gasteiger partial charge in [-0.15, -0.1) is 0 Å². The van der Waals surface area contributed by atoms with E-state index in [4.69, 9.17) is 4.42 Å². The molecular formula is C61H37NO. The average Bonchev–Trinajstić information content (AvgIpc) is 3.98. The smallest absolute Gasteiger partial charge is 0.135 e. The number of anilines is 3. The Morgan fingerprint density at radius 3 is 1.48 bits per heavy atom. The number of nitrogens with zero attached hydrogens (tertiary/aromatic N) is 1. The number of rotatable bonds is 4. The Labute approximate surface area is 364 Å². The van der Waals surface area contributed by atoms with Crippen LogP contribution in [0.25, 0.3) is 87.6 Å². The molecule has 11 aromatic carbocycles. The fourth-order valence-electron chi connectivity index (χ4n) is 11.5. The third kappa shape index (κ3) is 4.67. The lowest BCUT2D eigenvalue weighted by molar-refractivity contribution is 0.669. The maximum atomic E-state index is 6.27. The van der Waals surface area contributed by atoms with Crippen molar-refractivity contribution in [1.82, 2.24) is 0 Å². The molecule has 0 amide bonds. The predicted octanol–water partition coefficient (Wildman–Crippen LogP) is 16.5. The standard InChI is InChI=1S/C61H37NO/c1-2-19-44-42(17-1)43-18-3-4-20-45(43)52-37-41(32-33-46(44)52)62(40-16-13-15-38(35-40)39-31-34-59-53(36-39)50-24-8-12-30-58(50)63-59)57-29-14-25-51-49-23-7-11-28-56(49)61(60(51)57)54-26-9-5-21-47(54)48-22-6-10-27-55(48)61/h1-37H. The van der Waals surface area contributed by atoms with Crippen LogP contribution >= 0.6 is 0 Å². The Hall–Kier alpha value is -8.20. The molecule has 0 unspecified atom stereocenters. The van der Waals surface area contributed by atoms with Crippen LogP contribution in [0.4, 0.5) is 17.1 Å². The molecule has 0 saturated carbocycles. The van der Waals surface area contributed by atoms with E-state index in [1.54, 1.807) is 0 Å². The van der Waals surface area contributed by atoms with E-state index < -0.39 is 5.41 Å². The number of hydrogen-bond acceptors (Lipinski definition) is 2. The molecule has 2 nitrogen and oxygen atoms in total. The van der Waals surface area contributed by atoms with Crippen LogP contribution in [0.5, 0.6) is 0 Å². The van der Waals surface area contributed by atoms with E-state index in [0.717, 1.165) is 50.1 Å². The zero-order valence-corrected chi connectivity index (χ0v) is 34.2. The molecule has 292 valence electrons. The van der Waals surface area contributed by atoms with Gasteiger partial charge >= 0.3 is 0 Å². The Bertz CT molecular complexity index is 3790. The Kier molecular flexibility index (Phi) is 7.07. The van der Waals surface area contributed by atoms with Crippen LogP contribution < -0.4 is 4.90 Å². The van der Waals surface area contributed by atoms with Gasteiger partial charge in [-0.3, -0.25) is 0 Å². The lowest BCUT2D eigenvalue weighted by Gasteiger charge is -2.36. The topological polar surface area (TPSA) is 16.4 Å². The van der Waals surface area contributed by atoms with Gasteiger partial charge in [-0.25, -0.2) is 0 Å². The van der Waals surface area contributed by atoms with E-state index in [9.17, 15) is 0 Å². The van der Waals surface area contributed by atoms with Gasteiger partial charge in [0.1, 0.15) is 11.2 Å². The van der Waals surface area contributed by atoms with Crippen molar-refractivity contribution in [3.63, 3.8) is 0 Å². The molecule has 12 aromatic rings. The van der Waals surface area contributed by atoms with E-state index in [-0.39, 0.29) is 0 Å². The molecule has 1 aromatic heterocycles. The summed E-state index contributed by atoms with van der Waals surface area (Å²) in [6, 6.07) is 83.1. The minimum absolute atomic E-state index is 0.529. The summed E-state index contributed by atoms with van der Waals surface area (Å²) >= 11 is 0. The fourth-order valence-corrected chi connectivity index (χ4v) is 11.5. The van der Waals surface area contributed by atoms with Crippen LogP contribution in [0.3, 0.4) is 0 Å². The van der Waals surface area contributed by atoms with Gasteiger partial charge in [-0.1, -0.05) is 176 Å². The SMILES string of the molecule is c1cc(-c2ccc3oc4ccccc4c3c2)cc(N(c2ccc3c4ccccc4c4ccccc4c3c2)c2cccc3c2C2(c4ccccc4-c4ccccc42)c2ccccc2-3)c1. The highest BCUT2D eigenvalue weighted by Crippen LogP contribution is 2.65. The largest absolute Gasteiger partial charge is 0.456 e. The summed E-state index contributed by atoms with van der Waals surface area (Å²) < 4.78 is 6.27. The zero-order chi connectivity index (χ0) is 41.2. The predicted molar refractivity (Wildman–Crippen MR) is 263 cm³/mol. The van der Waals surface area contributed by atoms with E-state index in [2.05, 4.69) is 217 Å². The van der Waals surface area contributed by atoms with Gasteiger partial charge in [0.15, 0.2) is 0 Å². The van der Waals surface area contributed by atoms with Crippen LogP contribution in [0.2, 0.25) is 0 Å². The van der Waals surface area contributed by atoms with Gasteiger partial charge in [0.2, 0.25) is 0 Å². The Balaban J connectivity index is 1.08. The highest BCUT2D eigenvalue weighted by molar-refractivity contribution is 6.26. The first kappa shape index (κ1) is 34.5. The van der Waals surface area contributed by atoms with Gasteiger partial charge in [0.05, 0.1) is 11.1 Å². The summed E-state index contributed by atoms with van der Waals surface area (Å²) in [5.74, 6) is 0. The van der Waals surface area contributed by atoms with Crippen LogP contribution in [-0.4, -0.2) is 0 Å². The van der Waals surface area contributed by atoms with Crippen molar-refractivity contribution in [2.75, 3.05) is 4.90 Å². The van der Waals surface area contributed by atoms with E-state index >= 15 is 0 Å². The van der Waals surface area contributed by atoms with Gasteiger partial charge in [-0.05, 0) is 131 Å². The molecule has 0 aliphatic heterocycles. The minimum atomic E-state index is -0.529. The lowest BCUT2D eigenvalue weighted by atomic mass is 9.70. The normalized spacial score (nSPS) is 13.2. The Morgan fingerprint density at radius 2 is 0.794 bits per heavy atom. The molecule has 0 bridgehead atoms. The summed E-state index contributed by atoms with van der Waals surface area (Å²) in [5.41, 5.74) is 17.4. The summed E-state index contributed by atoms with van der Waals surface area (Å²) in [5, 5.41) is 9.81. The van der Waals surface area contributed by atoms with Crippen molar-refractivity contribution in [3.05, 3.63) is 247 Å². The summed E-state index contributed by atoms with van der Waals surface area (Å²) in [6.45, 7) is 0. The molecule has 14 rings (SSSR count). The van der Waals surface area contributed by atoms with Gasteiger partial charge in [0.25, 0.3) is 0 Å². The molecule has 1 spiro atoms. The molecule has 0 fully saturated rings. The van der Waals surface area contributed by atoms with Crippen molar-refractivity contribution in [2.45, 2.75) is 5.41 Å². The molecule has 1 heterocycles. The maximum absolute atomic E-state index is 6.27. The highest BCUT2D eigenvalue weighted by Gasteiger charge is 2.53. The van der Waals surface area contributed by atoms with Crippen molar-refractivity contribution in [2.24, 2.45) is 0 Å². The summed E-state index contributed by atoms with van der Waals surface area (Å²) in [6.07, 6.45) is 0. The number of furan rings is 1. The minimum Gasteiger partial charge on any atom is -0.456 e. The van der Waals surface area contributed by atoms with Crippen molar-refractivity contribution in [3.8, 4) is 33.4 Å². The van der Waals surface area contributed by atoms with Gasteiger partial charge in [-0.2, -0.15) is 0 Å². The molecule has 0 N–H and O–H groups in total. The van der Waals surface area contributed by atoms with Gasteiger partial charge < -0.3 is 9.32 Å². The first-order chi connectivity index (χ1) is 31.3. The molecule has 2 aliphatic carbocycles. The summed E-state index contributed by atoms with van der Waals surface area (Å²) in [7, 11) is 0. The van der Waals surface area contributed by atoms with Crippen molar-refractivity contribution >= 4 is 71.3 Å². The van der Waals surface area contributed by atoms with Crippen LogP contribution in [0.15, 0.2) is 229 Å². The third-order valence-electron chi connectivity index (χ3n) is 14.0. The van der Waals surface area contributed by atoms with Crippen LogP contribution in [-0.2, 0) is 5.41 Å². The van der Waals surface area contributed by atoms with Gasteiger partial charge in [0, 0.05) is 27.7 Å². The number of fused-ring (bicyclic) bond motifs is 19. The van der Waals surface area contributed by atoms with E-state index in [1.807, 2.05) is 12.1 Å². The number of benzene rings is 11. The average molecular weight is 800 g/mol. The van der Waals surface area contributed by atoms with Crippen molar-refractivity contribution < 1.29 is 4.42 Å². The number of para-hydroxylation sites is 1. The van der Waals surface area contributed by atoms with Crippen LogP contribution in [0.1, 0.15) is 22.3 Å². The first-order valence-corrected chi connectivity index (χ1v) is 21.8. The maximum Gasteiger partial charge on any atom is 0.135 e. The Morgan fingerprint density at radius 1 is 0.302 bits per heavy atom. The second-order valence-corrected chi connectivity index (χ2v) is 17.1. The number of hydrogen-bond donors (Lipinski definition) is 0. The molecular weight excluding hydrogens is 763 g/mol. The third-order valence-corrected chi connectivity index (χ3v) is 14.0. The summed E-state index contributed by atoms with van der Waals surface area (Å²) in [4.78, 5) is 2.54. The highest BCUT2D eigenvalue weighted by atomic mass is 16.3. The molecule has 0 atom stereocenters. The molecule has 2 heteroatoms. The van der Waals surface area contributed by atoms with E-state index in [0.29, 0.717) is 0 Å². The molecule has 63 heavy (non-hydrogen) atoms. The first-order valence-electron chi connectivity index (χ1n) is 21.8. The fraction of sp³-hybridized carbons (Fsp3) is 0.0164. The van der Waals surface area contributed by atoms with Crippen molar-refractivity contribution in [1.29, 1.82) is 0 Å². The molecule has 2 aliphatic rings. The lowest BCUT2D eigenvalue weighted by Crippen LogP contribution is -2.28. The van der Waals surface area contributed by atoms with Crippen LogP contribution in [0, 0.1) is 0 Å². The quantitative estimate of drug-likeness (QED) is 0.165. The second-order valence-electron chi connectivity index (χ2n) is 17.1. The van der Waals surface area contributed by atoms with E-state index in [1.165, 1.54) is 76.8 Å².